The SMILES string of the molecule is COc1ccc(C(=O)Nc2c(Br)cccc2Br)c(N)c1. The number of ether oxygens (including phenoxy) is 1. The van der Waals surface area contributed by atoms with Crippen molar-refractivity contribution in [2.24, 2.45) is 0 Å². The van der Waals surface area contributed by atoms with Crippen LogP contribution in [0.5, 0.6) is 5.75 Å². The van der Waals surface area contributed by atoms with Gasteiger partial charge in [-0.05, 0) is 56.1 Å². The lowest BCUT2D eigenvalue weighted by Gasteiger charge is -2.11. The molecular formula is C14H12Br2N2O2. The standard InChI is InChI=1S/C14H12Br2N2O2/c1-20-8-5-6-9(12(17)7-8)14(19)18-13-10(15)3-2-4-11(13)16/h2-7H,17H2,1H3,(H,18,19). The molecule has 0 spiro atoms. The monoisotopic (exact) mass is 398 g/mol. The lowest BCUT2D eigenvalue weighted by molar-refractivity contribution is 0.102. The molecule has 0 aliphatic heterocycles. The molecular weight excluding hydrogens is 388 g/mol. The number of nitrogen functional groups attached to an aromatic ring is 1. The Morgan fingerprint density at radius 3 is 2.40 bits per heavy atom. The van der Waals surface area contributed by atoms with E-state index in [1.54, 1.807) is 25.3 Å². The van der Waals surface area contributed by atoms with Crippen molar-refractivity contribution in [3.63, 3.8) is 0 Å². The Hall–Kier alpha value is -1.53. The average molecular weight is 400 g/mol. The zero-order valence-corrected chi connectivity index (χ0v) is 13.8. The summed E-state index contributed by atoms with van der Waals surface area (Å²) in [5.74, 6) is 0.332. The number of nitrogens with one attached hydrogen (secondary N) is 1. The minimum atomic E-state index is -0.280. The molecule has 3 N–H and O–H groups in total. The first kappa shape index (κ1) is 14.9. The van der Waals surface area contributed by atoms with Gasteiger partial charge < -0.3 is 15.8 Å². The molecule has 4 nitrogen and oxygen atoms in total. The maximum atomic E-state index is 12.3. The third kappa shape index (κ3) is 3.13. The van der Waals surface area contributed by atoms with Crippen LogP contribution >= 0.6 is 31.9 Å². The van der Waals surface area contributed by atoms with Crippen LogP contribution in [0.4, 0.5) is 11.4 Å². The van der Waals surface area contributed by atoms with Crippen molar-refractivity contribution in [3.8, 4) is 5.75 Å². The Balaban J connectivity index is 2.29. The summed E-state index contributed by atoms with van der Waals surface area (Å²) in [6, 6.07) is 10.5. The van der Waals surface area contributed by atoms with Gasteiger partial charge in [-0.3, -0.25) is 4.79 Å². The number of methoxy groups -OCH3 is 1. The van der Waals surface area contributed by atoms with Crippen molar-refractivity contribution < 1.29 is 9.53 Å². The summed E-state index contributed by atoms with van der Waals surface area (Å²) < 4.78 is 6.63. The number of carbonyl (C=O) groups is 1. The van der Waals surface area contributed by atoms with Crippen LogP contribution in [-0.2, 0) is 0 Å². The average Bonchev–Trinajstić information content (AvgIpc) is 2.42. The van der Waals surface area contributed by atoms with Crippen LogP contribution < -0.4 is 15.8 Å². The van der Waals surface area contributed by atoms with Crippen LogP contribution in [0.15, 0.2) is 45.3 Å². The molecule has 0 atom stereocenters. The fraction of sp³-hybridized carbons (Fsp3) is 0.0714. The molecule has 0 saturated heterocycles. The number of hydrogen-bond acceptors (Lipinski definition) is 3. The van der Waals surface area contributed by atoms with E-state index >= 15 is 0 Å². The Kier molecular flexibility index (Phi) is 4.67. The van der Waals surface area contributed by atoms with Crippen LogP contribution in [-0.4, -0.2) is 13.0 Å². The highest BCUT2D eigenvalue weighted by atomic mass is 79.9. The van der Waals surface area contributed by atoms with Crippen LogP contribution in [0.2, 0.25) is 0 Å². The summed E-state index contributed by atoms with van der Waals surface area (Å²) in [5, 5.41) is 2.82. The first-order valence-corrected chi connectivity index (χ1v) is 7.30. The number of anilines is 2. The summed E-state index contributed by atoms with van der Waals surface area (Å²) in [6.07, 6.45) is 0. The number of para-hydroxylation sites is 1. The second-order valence-corrected chi connectivity index (χ2v) is 5.71. The molecule has 20 heavy (non-hydrogen) atoms. The molecule has 1 amide bonds. The molecule has 6 heteroatoms. The van der Waals surface area contributed by atoms with E-state index in [0.717, 1.165) is 8.95 Å². The molecule has 0 unspecified atom stereocenters. The summed E-state index contributed by atoms with van der Waals surface area (Å²) >= 11 is 6.79. The molecule has 0 radical (unpaired) electrons. The highest BCUT2D eigenvalue weighted by molar-refractivity contribution is 9.11. The molecule has 104 valence electrons. The number of halogens is 2. The third-order valence-electron chi connectivity index (χ3n) is 2.70. The third-order valence-corrected chi connectivity index (χ3v) is 4.03. The number of carbonyl (C=O) groups excluding carboxylic acids is 1. The predicted octanol–water partition coefficient (Wildman–Crippen LogP) is 4.05. The molecule has 0 saturated carbocycles. The normalized spacial score (nSPS) is 10.2. The van der Waals surface area contributed by atoms with Crippen molar-refractivity contribution in [1.29, 1.82) is 0 Å². The first-order valence-electron chi connectivity index (χ1n) is 5.72. The highest BCUT2D eigenvalue weighted by Gasteiger charge is 2.13. The first-order chi connectivity index (χ1) is 9.52. The summed E-state index contributed by atoms with van der Waals surface area (Å²) in [7, 11) is 1.55. The van der Waals surface area contributed by atoms with Gasteiger partial charge in [-0.15, -0.1) is 0 Å². The van der Waals surface area contributed by atoms with Crippen molar-refractivity contribution >= 4 is 49.1 Å². The highest BCUT2D eigenvalue weighted by Crippen LogP contribution is 2.31. The molecule has 2 rings (SSSR count). The van der Waals surface area contributed by atoms with Gasteiger partial charge in [0.25, 0.3) is 5.91 Å². The van der Waals surface area contributed by atoms with Crippen molar-refractivity contribution in [3.05, 3.63) is 50.9 Å². The second kappa shape index (κ2) is 6.28. The Morgan fingerprint density at radius 2 is 1.85 bits per heavy atom. The largest absolute Gasteiger partial charge is 0.497 e. The van der Waals surface area contributed by atoms with Gasteiger partial charge in [0.1, 0.15) is 5.75 Å². The number of hydrogen-bond donors (Lipinski definition) is 2. The number of benzene rings is 2. The van der Waals surface area contributed by atoms with Crippen LogP contribution in [0.1, 0.15) is 10.4 Å². The lowest BCUT2D eigenvalue weighted by Crippen LogP contribution is -2.14. The second-order valence-electron chi connectivity index (χ2n) is 4.00. The molecule has 0 aromatic heterocycles. The summed E-state index contributed by atoms with van der Waals surface area (Å²) in [6.45, 7) is 0. The van der Waals surface area contributed by atoms with Gasteiger partial charge in [-0.2, -0.15) is 0 Å². The Morgan fingerprint density at radius 1 is 1.20 bits per heavy atom. The maximum absolute atomic E-state index is 12.3. The van der Waals surface area contributed by atoms with E-state index in [1.807, 2.05) is 18.2 Å². The smallest absolute Gasteiger partial charge is 0.257 e. The topological polar surface area (TPSA) is 64.3 Å². The van der Waals surface area contributed by atoms with Crippen molar-refractivity contribution in [2.75, 3.05) is 18.2 Å². The van der Waals surface area contributed by atoms with Gasteiger partial charge in [-0.25, -0.2) is 0 Å². The van der Waals surface area contributed by atoms with Crippen molar-refractivity contribution in [1.82, 2.24) is 0 Å². The molecule has 2 aromatic rings. The zero-order chi connectivity index (χ0) is 14.7. The van der Waals surface area contributed by atoms with Crippen molar-refractivity contribution in [2.45, 2.75) is 0 Å². The predicted molar refractivity (Wildman–Crippen MR) is 87.2 cm³/mol. The van der Waals surface area contributed by atoms with Gasteiger partial charge in [-0.1, -0.05) is 6.07 Å². The molecule has 0 heterocycles. The fourth-order valence-corrected chi connectivity index (χ4v) is 2.87. The molecule has 2 aromatic carbocycles. The van der Waals surface area contributed by atoms with Crippen LogP contribution in [0, 0.1) is 0 Å². The van der Waals surface area contributed by atoms with Crippen LogP contribution in [0.25, 0.3) is 0 Å². The number of nitrogens with two attached hydrogens (primary N) is 1. The molecule has 0 aliphatic rings. The van der Waals surface area contributed by atoms with Gasteiger partial charge in [0.05, 0.1) is 18.4 Å². The molecule has 0 bridgehead atoms. The zero-order valence-electron chi connectivity index (χ0n) is 10.6. The van der Waals surface area contributed by atoms with E-state index in [2.05, 4.69) is 37.2 Å². The number of amides is 1. The fourth-order valence-electron chi connectivity index (χ4n) is 1.67. The van der Waals surface area contributed by atoms with Gasteiger partial charge in [0.15, 0.2) is 0 Å². The summed E-state index contributed by atoms with van der Waals surface area (Å²) in [5.41, 5.74) is 7.29. The summed E-state index contributed by atoms with van der Waals surface area (Å²) in [4.78, 5) is 12.3. The molecule has 0 aliphatic carbocycles. The van der Waals surface area contributed by atoms with E-state index in [4.69, 9.17) is 10.5 Å². The van der Waals surface area contributed by atoms with Gasteiger partial charge >= 0.3 is 0 Å². The minimum Gasteiger partial charge on any atom is -0.497 e. The quantitative estimate of drug-likeness (QED) is 0.765. The maximum Gasteiger partial charge on any atom is 0.257 e. The lowest BCUT2D eigenvalue weighted by atomic mass is 10.1. The van der Waals surface area contributed by atoms with E-state index in [1.165, 1.54) is 0 Å². The van der Waals surface area contributed by atoms with Gasteiger partial charge in [0, 0.05) is 20.7 Å². The Labute approximate surface area is 133 Å². The Bertz CT molecular complexity index is 639. The van der Waals surface area contributed by atoms with E-state index < -0.39 is 0 Å². The van der Waals surface area contributed by atoms with E-state index in [-0.39, 0.29) is 5.91 Å². The van der Waals surface area contributed by atoms with E-state index in [0.29, 0.717) is 22.7 Å². The van der Waals surface area contributed by atoms with Gasteiger partial charge in [0.2, 0.25) is 0 Å². The van der Waals surface area contributed by atoms with E-state index in [9.17, 15) is 4.79 Å². The molecule has 0 fully saturated rings. The minimum absolute atomic E-state index is 0.280. The number of rotatable bonds is 3. The van der Waals surface area contributed by atoms with Crippen LogP contribution in [0.3, 0.4) is 0 Å².